The minimum absolute atomic E-state index is 0.235. The van der Waals surface area contributed by atoms with E-state index in [2.05, 4.69) is 27.8 Å². The maximum absolute atomic E-state index is 11.6. The molecule has 0 bridgehead atoms. The first-order valence-corrected chi connectivity index (χ1v) is 8.60. The Morgan fingerprint density at radius 3 is 2.71 bits per heavy atom. The molecule has 3 rings (SSSR count). The van der Waals surface area contributed by atoms with Crippen molar-refractivity contribution in [1.82, 2.24) is 4.98 Å². The van der Waals surface area contributed by atoms with Crippen LogP contribution in [-0.2, 0) is 4.79 Å². The molecule has 1 aromatic heterocycles. The van der Waals surface area contributed by atoms with E-state index in [9.17, 15) is 10.1 Å². The van der Waals surface area contributed by atoms with Crippen LogP contribution in [0.2, 0.25) is 0 Å². The molecule has 138 valence electrons. The van der Waals surface area contributed by atoms with Crippen molar-refractivity contribution in [2.45, 2.75) is 13.8 Å². The molecular weight excluding hydrogens is 354 g/mol. The summed E-state index contributed by atoms with van der Waals surface area (Å²) in [6.07, 6.45) is 1.48. The number of nitriles is 2. The number of hydrogen-bond acceptors (Lipinski definition) is 6. The largest absolute Gasteiger partial charge is 0.492 e. The number of anilines is 3. The molecule has 28 heavy (non-hydrogen) atoms. The number of rotatable bonds is 5. The average molecular weight is 371 g/mol. The zero-order valence-electron chi connectivity index (χ0n) is 15.4. The van der Waals surface area contributed by atoms with Crippen molar-refractivity contribution >= 4 is 33.9 Å². The Bertz CT molecular complexity index is 1140. The molecule has 0 atom stereocenters. The van der Waals surface area contributed by atoms with E-state index in [4.69, 9.17) is 10.00 Å². The van der Waals surface area contributed by atoms with Crippen LogP contribution in [0, 0.1) is 22.7 Å². The van der Waals surface area contributed by atoms with E-state index in [-0.39, 0.29) is 5.91 Å². The maximum atomic E-state index is 11.6. The second-order valence-electron chi connectivity index (χ2n) is 5.96. The van der Waals surface area contributed by atoms with E-state index >= 15 is 0 Å². The number of ether oxygens (including phenoxy) is 1. The molecule has 0 saturated heterocycles. The molecule has 2 aromatic carbocycles. The van der Waals surface area contributed by atoms with Crippen LogP contribution in [0.3, 0.4) is 0 Å². The van der Waals surface area contributed by atoms with Gasteiger partial charge in [-0.05, 0) is 31.2 Å². The number of hydrogen-bond donors (Lipinski definition) is 2. The zero-order chi connectivity index (χ0) is 20.1. The van der Waals surface area contributed by atoms with Gasteiger partial charge in [-0.2, -0.15) is 10.5 Å². The van der Waals surface area contributed by atoms with Gasteiger partial charge in [0.05, 0.1) is 40.7 Å². The summed E-state index contributed by atoms with van der Waals surface area (Å²) in [5.41, 5.74) is 3.14. The highest BCUT2D eigenvalue weighted by Gasteiger charge is 2.15. The van der Waals surface area contributed by atoms with Gasteiger partial charge in [-0.3, -0.25) is 9.78 Å². The molecule has 2 N–H and O–H groups in total. The summed E-state index contributed by atoms with van der Waals surface area (Å²) in [4.78, 5) is 15.9. The third-order valence-electron chi connectivity index (χ3n) is 3.96. The molecule has 0 spiro atoms. The topological polar surface area (TPSA) is 111 Å². The van der Waals surface area contributed by atoms with Gasteiger partial charge in [-0.1, -0.05) is 6.07 Å². The monoisotopic (exact) mass is 371 g/mol. The highest BCUT2D eigenvalue weighted by Crippen LogP contribution is 2.36. The van der Waals surface area contributed by atoms with Crippen LogP contribution >= 0.6 is 0 Å². The molecule has 1 heterocycles. The Morgan fingerprint density at radius 1 is 1.21 bits per heavy atom. The smallest absolute Gasteiger partial charge is 0.221 e. The van der Waals surface area contributed by atoms with Gasteiger partial charge in [0.15, 0.2) is 0 Å². The van der Waals surface area contributed by atoms with Gasteiger partial charge >= 0.3 is 0 Å². The number of benzene rings is 2. The number of nitrogens with zero attached hydrogens (tertiary/aromatic N) is 3. The van der Waals surface area contributed by atoms with Crippen molar-refractivity contribution in [1.29, 1.82) is 10.5 Å². The Balaban J connectivity index is 2.20. The number of carbonyl (C=O) groups excluding carboxylic acids is 1. The summed E-state index contributed by atoms with van der Waals surface area (Å²) < 4.78 is 5.61. The van der Waals surface area contributed by atoms with Gasteiger partial charge in [-0.15, -0.1) is 0 Å². The summed E-state index contributed by atoms with van der Waals surface area (Å²) >= 11 is 0. The number of nitrogens with one attached hydrogen (secondary N) is 2. The normalized spacial score (nSPS) is 10.0. The van der Waals surface area contributed by atoms with Crippen LogP contribution in [0.1, 0.15) is 25.0 Å². The van der Waals surface area contributed by atoms with Crippen LogP contribution in [0.15, 0.2) is 42.6 Å². The molecule has 0 saturated carbocycles. The summed E-state index contributed by atoms with van der Waals surface area (Å²) in [6.45, 7) is 3.69. The van der Waals surface area contributed by atoms with Crippen molar-refractivity contribution < 1.29 is 9.53 Å². The molecule has 0 aliphatic rings. The van der Waals surface area contributed by atoms with Crippen LogP contribution in [0.25, 0.3) is 10.9 Å². The summed E-state index contributed by atoms with van der Waals surface area (Å²) in [6, 6.07) is 14.6. The fraction of sp³-hybridized carbons (Fsp3) is 0.143. The highest BCUT2D eigenvalue weighted by atomic mass is 16.5. The number of amides is 1. The second kappa shape index (κ2) is 8.07. The van der Waals surface area contributed by atoms with E-state index in [1.165, 1.54) is 13.1 Å². The Kier molecular flexibility index (Phi) is 5.38. The number of aromatic nitrogens is 1. The van der Waals surface area contributed by atoms with Gasteiger partial charge in [-0.25, -0.2) is 0 Å². The first kappa shape index (κ1) is 18.7. The second-order valence-corrected chi connectivity index (χ2v) is 5.96. The molecule has 0 unspecified atom stereocenters. The average Bonchev–Trinajstić information content (AvgIpc) is 2.69. The van der Waals surface area contributed by atoms with Crippen molar-refractivity contribution in [2.24, 2.45) is 0 Å². The van der Waals surface area contributed by atoms with Crippen LogP contribution < -0.4 is 15.4 Å². The molecular formula is C21H17N5O2. The third-order valence-corrected chi connectivity index (χ3v) is 3.96. The lowest BCUT2D eigenvalue weighted by atomic mass is 10.1. The maximum Gasteiger partial charge on any atom is 0.221 e. The van der Waals surface area contributed by atoms with Crippen LogP contribution in [-0.4, -0.2) is 17.5 Å². The Morgan fingerprint density at radius 2 is 2.04 bits per heavy atom. The molecule has 0 aliphatic heterocycles. The Hall–Kier alpha value is -4.10. The molecule has 3 aromatic rings. The highest BCUT2D eigenvalue weighted by molar-refractivity contribution is 6.01. The van der Waals surface area contributed by atoms with Gasteiger partial charge in [0, 0.05) is 30.3 Å². The lowest BCUT2D eigenvalue weighted by Crippen LogP contribution is -2.08. The first-order chi connectivity index (χ1) is 13.5. The van der Waals surface area contributed by atoms with Gasteiger partial charge < -0.3 is 15.4 Å². The quantitative estimate of drug-likeness (QED) is 0.699. The first-order valence-electron chi connectivity index (χ1n) is 8.60. The minimum Gasteiger partial charge on any atom is -0.492 e. The molecule has 7 nitrogen and oxygen atoms in total. The molecule has 1 amide bonds. The van der Waals surface area contributed by atoms with E-state index in [0.29, 0.717) is 51.4 Å². The van der Waals surface area contributed by atoms with E-state index in [0.717, 1.165) is 0 Å². The summed E-state index contributed by atoms with van der Waals surface area (Å²) in [7, 11) is 0. The lowest BCUT2D eigenvalue weighted by molar-refractivity contribution is -0.114. The predicted octanol–water partition coefficient (Wildman–Crippen LogP) is 4.08. The summed E-state index contributed by atoms with van der Waals surface area (Å²) in [5.74, 6) is 0.265. The number of carbonyl (C=O) groups is 1. The van der Waals surface area contributed by atoms with Crippen molar-refractivity contribution in [2.75, 3.05) is 17.2 Å². The van der Waals surface area contributed by atoms with Crippen LogP contribution in [0.4, 0.5) is 17.1 Å². The van der Waals surface area contributed by atoms with E-state index in [1.807, 2.05) is 6.92 Å². The van der Waals surface area contributed by atoms with Gasteiger partial charge in [0.1, 0.15) is 11.8 Å². The molecule has 7 heteroatoms. The van der Waals surface area contributed by atoms with Crippen molar-refractivity contribution in [3.63, 3.8) is 0 Å². The molecule has 0 aliphatic carbocycles. The molecule has 0 fully saturated rings. The fourth-order valence-electron chi connectivity index (χ4n) is 2.81. The van der Waals surface area contributed by atoms with Gasteiger partial charge in [0.2, 0.25) is 5.91 Å². The van der Waals surface area contributed by atoms with Crippen molar-refractivity contribution in [3.8, 4) is 17.9 Å². The fourth-order valence-corrected chi connectivity index (χ4v) is 2.81. The summed E-state index contributed by atoms with van der Waals surface area (Å²) in [5, 5.41) is 25.2. The number of pyridine rings is 1. The Labute approximate surface area is 162 Å². The predicted molar refractivity (Wildman–Crippen MR) is 106 cm³/mol. The minimum atomic E-state index is -0.235. The van der Waals surface area contributed by atoms with Crippen LogP contribution in [0.5, 0.6) is 5.75 Å². The third kappa shape index (κ3) is 3.84. The number of fused-ring (bicyclic) bond motifs is 1. The SMILES string of the molecule is CCOc1cc2ncc(C#N)c(Nc3cccc(C#N)c3)c2cc1NC(C)=O. The van der Waals surface area contributed by atoms with Gasteiger partial charge in [0.25, 0.3) is 0 Å². The standard InChI is InChI=1S/C21H17N5O2/c1-3-28-20-9-18-17(8-19(20)25-13(2)27)21(15(11-23)12-24-18)26-16-6-4-5-14(7-16)10-22/h4-9,12H,3H2,1-2H3,(H,24,26)(H,25,27). The molecule has 0 radical (unpaired) electrons. The lowest BCUT2D eigenvalue weighted by Gasteiger charge is -2.16. The van der Waals surface area contributed by atoms with E-state index in [1.54, 1.807) is 36.4 Å². The van der Waals surface area contributed by atoms with E-state index < -0.39 is 0 Å². The van der Waals surface area contributed by atoms with Crippen molar-refractivity contribution in [3.05, 3.63) is 53.7 Å². The zero-order valence-corrected chi connectivity index (χ0v) is 15.4.